The molecule has 2 N–H and O–H groups in total. The lowest BCUT2D eigenvalue weighted by Gasteiger charge is -2.46. The fourth-order valence-electron chi connectivity index (χ4n) is 2.81. The molecule has 3 aliphatic heterocycles. The standard InChI is InChI=1S/C12H22N4O2/c17-12(14-10-1-6-18-9-10)16-7-11(8-16)15-4-2-13-3-5-15/h10-11,13H,1-9H2,(H,14,17). The zero-order chi connectivity index (χ0) is 12.4. The number of carbonyl (C=O) groups is 1. The van der Waals surface area contributed by atoms with E-state index in [2.05, 4.69) is 15.5 Å². The van der Waals surface area contributed by atoms with Gasteiger partial charge >= 0.3 is 6.03 Å². The zero-order valence-electron chi connectivity index (χ0n) is 10.7. The summed E-state index contributed by atoms with van der Waals surface area (Å²) >= 11 is 0. The van der Waals surface area contributed by atoms with Gasteiger partial charge in [-0.1, -0.05) is 0 Å². The summed E-state index contributed by atoms with van der Waals surface area (Å²) in [6.07, 6.45) is 0.945. The van der Waals surface area contributed by atoms with Gasteiger partial charge in [0.1, 0.15) is 0 Å². The SMILES string of the molecule is O=C(NC1CCOC1)N1CC(N2CCNCC2)C1. The molecule has 6 heteroatoms. The molecule has 0 aromatic heterocycles. The number of amides is 2. The normalized spacial score (nSPS) is 30.2. The van der Waals surface area contributed by atoms with Crippen molar-refractivity contribution in [2.75, 3.05) is 52.5 Å². The van der Waals surface area contributed by atoms with Gasteiger partial charge in [0.2, 0.25) is 0 Å². The molecule has 0 radical (unpaired) electrons. The van der Waals surface area contributed by atoms with Crippen molar-refractivity contribution in [1.29, 1.82) is 0 Å². The quantitative estimate of drug-likeness (QED) is 0.669. The van der Waals surface area contributed by atoms with E-state index < -0.39 is 0 Å². The van der Waals surface area contributed by atoms with E-state index >= 15 is 0 Å². The fraction of sp³-hybridized carbons (Fsp3) is 0.917. The first kappa shape index (κ1) is 12.2. The highest BCUT2D eigenvalue weighted by atomic mass is 16.5. The summed E-state index contributed by atoms with van der Waals surface area (Å²) in [6, 6.07) is 0.866. The van der Waals surface area contributed by atoms with Crippen LogP contribution in [0.15, 0.2) is 0 Å². The first-order valence-electron chi connectivity index (χ1n) is 6.91. The third kappa shape index (κ3) is 2.60. The zero-order valence-corrected chi connectivity index (χ0v) is 10.7. The predicted molar refractivity (Wildman–Crippen MR) is 67.6 cm³/mol. The van der Waals surface area contributed by atoms with Crippen LogP contribution in [0.1, 0.15) is 6.42 Å². The van der Waals surface area contributed by atoms with Crippen LogP contribution in [0.25, 0.3) is 0 Å². The molecule has 0 aliphatic carbocycles. The van der Waals surface area contributed by atoms with Gasteiger partial charge in [0.25, 0.3) is 0 Å². The Balaban J connectivity index is 1.39. The number of hydrogen-bond donors (Lipinski definition) is 2. The Bertz CT molecular complexity index is 294. The Hall–Kier alpha value is -0.850. The molecule has 6 nitrogen and oxygen atoms in total. The monoisotopic (exact) mass is 254 g/mol. The van der Waals surface area contributed by atoms with Gasteiger partial charge in [-0.25, -0.2) is 4.79 Å². The van der Waals surface area contributed by atoms with Gasteiger partial charge in [0.05, 0.1) is 12.6 Å². The van der Waals surface area contributed by atoms with Gasteiger partial charge in [-0.15, -0.1) is 0 Å². The lowest BCUT2D eigenvalue weighted by atomic mass is 10.1. The van der Waals surface area contributed by atoms with Crippen LogP contribution in [-0.2, 0) is 4.74 Å². The van der Waals surface area contributed by atoms with Crippen LogP contribution < -0.4 is 10.6 Å². The Kier molecular flexibility index (Phi) is 3.67. The highest BCUT2D eigenvalue weighted by Crippen LogP contribution is 2.16. The van der Waals surface area contributed by atoms with Crippen LogP contribution in [0.2, 0.25) is 0 Å². The van der Waals surface area contributed by atoms with E-state index in [1.807, 2.05) is 4.90 Å². The van der Waals surface area contributed by atoms with Gasteiger partial charge in [0.15, 0.2) is 0 Å². The van der Waals surface area contributed by atoms with Gasteiger partial charge in [-0.3, -0.25) is 4.90 Å². The number of piperazine rings is 1. The maximum absolute atomic E-state index is 11.9. The van der Waals surface area contributed by atoms with Crippen LogP contribution in [0.4, 0.5) is 4.79 Å². The highest BCUT2D eigenvalue weighted by molar-refractivity contribution is 5.75. The Labute approximate surface area is 108 Å². The second-order valence-electron chi connectivity index (χ2n) is 5.35. The number of nitrogens with one attached hydrogen (secondary N) is 2. The van der Waals surface area contributed by atoms with Gasteiger partial charge < -0.3 is 20.3 Å². The Morgan fingerprint density at radius 3 is 2.72 bits per heavy atom. The minimum atomic E-state index is 0.0804. The van der Waals surface area contributed by atoms with Crippen LogP contribution in [0, 0.1) is 0 Å². The molecule has 2 amide bonds. The van der Waals surface area contributed by atoms with Crippen molar-refractivity contribution in [1.82, 2.24) is 20.4 Å². The van der Waals surface area contributed by atoms with E-state index in [1.54, 1.807) is 0 Å². The molecular weight excluding hydrogens is 232 g/mol. The maximum atomic E-state index is 11.9. The second kappa shape index (κ2) is 5.42. The molecule has 0 bridgehead atoms. The Morgan fingerprint density at radius 2 is 2.06 bits per heavy atom. The van der Waals surface area contributed by atoms with E-state index in [0.29, 0.717) is 12.6 Å². The number of urea groups is 1. The topological polar surface area (TPSA) is 56.8 Å². The van der Waals surface area contributed by atoms with Crippen molar-refractivity contribution >= 4 is 6.03 Å². The number of ether oxygens (including phenoxy) is 1. The summed E-state index contributed by atoms with van der Waals surface area (Å²) in [5, 5.41) is 6.39. The molecule has 3 fully saturated rings. The molecule has 0 aromatic rings. The third-order valence-electron chi connectivity index (χ3n) is 4.07. The Morgan fingerprint density at radius 1 is 1.28 bits per heavy atom. The summed E-state index contributed by atoms with van der Waals surface area (Å²) in [5.74, 6) is 0. The van der Waals surface area contributed by atoms with E-state index in [0.717, 1.165) is 52.3 Å². The molecule has 3 heterocycles. The van der Waals surface area contributed by atoms with Crippen molar-refractivity contribution in [2.45, 2.75) is 18.5 Å². The van der Waals surface area contributed by atoms with E-state index in [1.165, 1.54) is 0 Å². The van der Waals surface area contributed by atoms with Crippen LogP contribution in [0.5, 0.6) is 0 Å². The molecule has 1 unspecified atom stereocenters. The highest BCUT2D eigenvalue weighted by Gasteiger charge is 2.35. The average molecular weight is 254 g/mol. The molecule has 102 valence electrons. The molecular formula is C12H22N4O2. The molecule has 3 rings (SSSR count). The molecule has 3 aliphatic rings. The third-order valence-corrected chi connectivity index (χ3v) is 4.07. The molecule has 0 saturated carbocycles. The molecule has 0 aromatic carbocycles. The van der Waals surface area contributed by atoms with Crippen LogP contribution in [-0.4, -0.2) is 80.4 Å². The number of carbonyl (C=O) groups excluding carboxylic acids is 1. The lowest BCUT2D eigenvalue weighted by Crippen LogP contribution is -2.65. The van der Waals surface area contributed by atoms with E-state index in [4.69, 9.17) is 4.74 Å². The second-order valence-corrected chi connectivity index (χ2v) is 5.35. The van der Waals surface area contributed by atoms with Gasteiger partial charge in [-0.05, 0) is 6.42 Å². The summed E-state index contributed by atoms with van der Waals surface area (Å²) in [6.45, 7) is 7.55. The first-order chi connectivity index (χ1) is 8.83. The van der Waals surface area contributed by atoms with Crippen molar-refractivity contribution in [2.24, 2.45) is 0 Å². The van der Waals surface area contributed by atoms with Crippen LogP contribution >= 0.6 is 0 Å². The number of hydrogen-bond acceptors (Lipinski definition) is 4. The van der Waals surface area contributed by atoms with Gasteiger partial charge in [0, 0.05) is 51.9 Å². The smallest absolute Gasteiger partial charge is 0.317 e. The van der Waals surface area contributed by atoms with Crippen molar-refractivity contribution in [3.05, 3.63) is 0 Å². The molecule has 3 saturated heterocycles. The van der Waals surface area contributed by atoms with Gasteiger partial charge in [-0.2, -0.15) is 0 Å². The fourth-order valence-corrected chi connectivity index (χ4v) is 2.81. The summed E-state index contributed by atoms with van der Waals surface area (Å²) in [4.78, 5) is 16.3. The molecule has 1 atom stereocenters. The average Bonchev–Trinajstić information content (AvgIpc) is 2.81. The van der Waals surface area contributed by atoms with E-state index in [-0.39, 0.29) is 12.1 Å². The minimum Gasteiger partial charge on any atom is -0.379 e. The van der Waals surface area contributed by atoms with Crippen molar-refractivity contribution in [3.63, 3.8) is 0 Å². The number of likely N-dealkylation sites (tertiary alicyclic amines) is 1. The minimum absolute atomic E-state index is 0.0804. The predicted octanol–water partition coefficient (Wildman–Crippen LogP) is -0.926. The summed E-state index contributed by atoms with van der Waals surface area (Å²) in [5.41, 5.74) is 0. The van der Waals surface area contributed by atoms with Crippen molar-refractivity contribution in [3.8, 4) is 0 Å². The summed E-state index contributed by atoms with van der Waals surface area (Å²) < 4.78 is 5.26. The van der Waals surface area contributed by atoms with E-state index in [9.17, 15) is 4.79 Å². The number of nitrogens with zero attached hydrogens (tertiary/aromatic N) is 2. The van der Waals surface area contributed by atoms with Crippen molar-refractivity contribution < 1.29 is 9.53 Å². The molecule has 18 heavy (non-hydrogen) atoms. The largest absolute Gasteiger partial charge is 0.379 e. The summed E-state index contributed by atoms with van der Waals surface area (Å²) in [7, 11) is 0. The maximum Gasteiger partial charge on any atom is 0.317 e. The first-order valence-corrected chi connectivity index (χ1v) is 6.91. The molecule has 0 spiro atoms. The van der Waals surface area contributed by atoms with Crippen LogP contribution in [0.3, 0.4) is 0 Å². The lowest BCUT2D eigenvalue weighted by molar-refractivity contribution is 0.0482. The number of rotatable bonds is 2.